The summed E-state index contributed by atoms with van der Waals surface area (Å²) < 4.78 is 18.1. The molecule has 1 rings (SSSR count). The molecule has 1 aromatic rings. The first kappa shape index (κ1) is 11.5. The second-order valence-corrected chi connectivity index (χ2v) is 3.00. The van der Waals surface area contributed by atoms with Crippen molar-refractivity contribution in [2.75, 3.05) is 13.7 Å². The topological polar surface area (TPSA) is 21.3 Å². The summed E-state index contributed by atoms with van der Waals surface area (Å²) in [5.74, 6) is 5.59. The fourth-order valence-corrected chi connectivity index (χ4v) is 1.18. The number of rotatable bonds is 4. The van der Waals surface area contributed by atoms with Gasteiger partial charge in [0.25, 0.3) is 0 Å². The predicted octanol–water partition coefficient (Wildman–Crippen LogP) is 1.95. The number of halogens is 1. The Morgan fingerprint density at radius 3 is 2.87 bits per heavy atom. The highest BCUT2D eigenvalue weighted by atomic mass is 19.1. The summed E-state index contributed by atoms with van der Waals surface area (Å²) in [6.45, 7) is 3.01. The Balaban J connectivity index is 2.54. The lowest BCUT2D eigenvalue weighted by atomic mass is 10.2. The highest BCUT2D eigenvalue weighted by molar-refractivity contribution is 5.29. The molecule has 0 radical (unpaired) electrons. The van der Waals surface area contributed by atoms with Crippen LogP contribution < -0.4 is 10.1 Å². The first-order chi connectivity index (χ1) is 7.27. The van der Waals surface area contributed by atoms with E-state index in [0.29, 0.717) is 13.1 Å². The van der Waals surface area contributed by atoms with Gasteiger partial charge in [-0.15, -0.1) is 5.92 Å². The van der Waals surface area contributed by atoms with Crippen LogP contribution >= 0.6 is 0 Å². The van der Waals surface area contributed by atoms with Gasteiger partial charge in [0.1, 0.15) is 0 Å². The third kappa shape index (κ3) is 3.61. The van der Waals surface area contributed by atoms with Crippen LogP contribution in [-0.2, 0) is 6.54 Å². The lowest BCUT2D eigenvalue weighted by Gasteiger charge is -2.05. The van der Waals surface area contributed by atoms with E-state index in [4.69, 9.17) is 4.74 Å². The Hall–Kier alpha value is -1.53. The zero-order valence-electron chi connectivity index (χ0n) is 8.93. The van der Waals surface area contributed by atoms with Gasteiger partial charge in [-0.3, -0.25) is 0 Å². The van der Waals surface area contributed by atoms with Crippen LogP contribution in [0, 0.1) is 17.7 Å². The van der Waals surface area contributed by atoms with Gasteiger partial charge in [-0.2, -0.15) is 0 Å². The van der Waals surface area contributed by atoms with Crippen LogP contribution in [0.4, 0.5) is 4.39 Å². The molecule has 1 N–H and O–H groups in total. The summed E-state index contributed by atoms with van der Waals surface area (Å²) in [4.78, 5) is 0. The van der Waals surface area contributed by atoms with E-state index in [9.17, 15) is 4.39 Å². The molecule has 0 aliphatic heterocycles. The van der Waals surface area contributed by atoms with Crippen molar-refractivity contribution >= 4 is 0 Å². The van der Waals surface area contributed by atoms with Crippen LogP contribution in [0.3, 0.4) is 0 Å². The van der Waals surface area contributed by atoms with Crippen molar-refractivity contribution in [3.63, 3.8) is 0 Å². The van der Waals surface area contributed by atoms with E-state index in [0.717, 1.165) is 5.56 Å². The molecule has 0 atom stereocenters. The lowest BCUT2D eigenvalue weighted by molar-refractivity contribution is 0.386. The molecule has 1 aromatic carbocycles. The van der Waals surface area contributed by atoms with Crippen LogP contribution in [0.25, 0.3) is 0 Å². The molecule has 0 saturated heterocycles. The molecular weight excluding hydrogens is 193 g/mol. The highest BCUT2D eigenvalue weighted by Crippen LogP contribution is 2.17. The van der Waals surface area contributed by atoms with Crippen LogP contribution in [0.2, 0.25) is 0 Å². The van der Waals surface area contributed by atoms with Gasteiger partial charge in [0.15, 0.2) is 11.6 Å². The number of benzene rings is 1. The molecule has 0 spiro atoms. The van der Waals surface area contributed by atoms with Gasteiger partial charge in [-0.25, -0.2) is 4.39 Å². The molecule has 0 unspecified atom stereocenters. The summed E-state index contributed by atoms with van der Waals surface area (Å²) in [6.07, 6.45) is 0. The molecule has 0 saturated carbocycles. The van der Waals surface area contributed by atoms with E-state index in [2.05, 4.69) is 17.2 Å². The quantitative estimate of drug-likeness (QED) is 0.602. The van der Waals surface area contributed by atoms with Crippen LogP contribution in [0.1, 0.15) is 12.5 Å². The molecule has 0 aliphatic carbocycles. The number of ether oxygens (including phenoxy) is 1. The first-order valence-electron chi connectivity index (χ1n) is 4.70. The molecule has 2 nitrogen and oxygen atoms in total. The standard InChI is InChI=1S/C12H14FNO/c1-3-4-7-14-9-10-5-6-12(15-2)11(13)8-10/h5-6,8,14H,7,9H2,1-2H3. The van der Waals surface area contributed by atoms with Crippen molar-refractivity contribution < 1.29 is 9.13 Å². The van der Waals surface area contributed by atoms with Crippen molar-refractivity contribution in [3.05, 3.63) is 29.6 Å². The second-order valence-electron chi connectivity index (χ2n) is 3.00. The van der Waals surface area contributed by atoms with E-state index in [-0.39, 0.29) is 11.6 Å². The molecular formula is C12H14FNO. The maximum atomic E-state index is 13.2. The minimum atomic E-state index is -0.335. The Kier molecular flexibility index (Phi) is 4.65. The third-order valence-electron chi connectivity index (χ3n) is 1.94. The lowest BCUT2D eigenvalue weighted by Crippen LogP contribution is -2.13. The molecule has 0 amide bonds. The third-order valence-corrected chi connectivity index (χ3v) is 1.94. The fraction of sp³-hybridized carbons (Fsp3) is 0.333. The Morgan fingerprint density at radius 2 is 2.27 bits per heavy atom. The van der Waals surface area contributed by atoms with E-state index in [1.165, 1.54) is 13.2 Å². The number of methoxy groups -OCH3 is 1. The van der Waals surface area contributed by atoms with Gasteiger partial charge >= 0.3 is 0 Å². The average Bonchev–Trinajstić information content (AvgIpc) is 2.25. The van der Waals surface area contributed by atoms with E-state index in [1.807, 2.05) is 6.07 Å². The van der Waals surface area contributed by atoms with Crippen LogP contribution in [-0.4, -0.2) is 13.7 Å². The SMILES string of the molecule is CC#CCNCc1ccc(OC)c(F)c1. The Bertz CT molecular complexity index is 379. The van der Waals surface area contributed by atoms with Crippen molar-refractivity contribution in [2.45, 2.75) is 13.5 Å². The molecule has 0 fully saturated rings. The Morgan fingerprint density at radius 1 is 1.47 bits per heavy atom. The number of hydrogen-bond acceptors (Lipinski definition) is 2. The molecule has 0 bridgehead atoms. The smallest absolute Gasteiger partial charge is 0.165 e. The van der Waals surface area contributed by atoms with Crippen LogP contribution in [0.5, 0.6) is 5.75 Å². The van der Waals surface area contributed by atoms with Gasteiger partial charge in [0.05, 0.1) is 13.7 Å². The molecule has 0 aliphatic rings. The largest absolute Gasteiger partial charge is 0.494 e. The maximum absolute atomic E-state index is 13.2. The zero-order valence-corrected chi connectivity index (χ0v) is 8.93. The minimum absolute atomic E-state index is 0.270. The summed E-state index contributed by atoms with van der Waals surface area (Å²) >= 11 is 0. The van der Waals surface area contributed by atoms with E-state index >= 15 is 0 Å². The van der Waals surface area contributed by atoms with Crippen molar-refractivity contribution in [3.8, 4) is 17.6 Å². The minimum Gasteiger partial charge on any atom is -0.494 e. The monoisotopic (exact) mass is 207 g/mol. The molecule has 3 heteroatoms. The Labute approximate surface area is 89.4 Å². The van der Waals surface area contributed by atoms with Crippen LogP contribution in [0.15, 0.2) is 18.2 Å². The number of hydrogen-bond donors (Lipinski definition) is 1. The van der Waals surface area contributed by atoms with E-state index in [1.54, 1.807) is 13.0 Å². The van der Waals surface area contributed by atoms with Crippen molar-refractivity contribution in [1.82, 2.24) is 5.32 Å². The van der Waals surface area contributed by atoms with Crippen molar-refractivity contribution in [2.24, 2.45) is 0 Å². The molecule has 80 valence electrons. The summed E-state index contributed by atoms with van der Waals surface area (Å²) in [7, 11) is 1.45. The van der Waals surface area contributed by atoms with E-state index < -0.39 is 0 Å². The van der Waals surface area contributed by atoms with Gasteiger partial charge < -0.3 is 10.1 Å². The predicted molar refractivity (Wildman–Crippen MR) is 58.1 cm³/mol. The van der Waals surface area contributed by atoms with Gasteiger partial charge in [-0.1, -0.05) is 12.0 Å². The summed E-state index contributed by atoms with van der Waals surface area (Å²) in [5, 5.41) is 3.09. The fourth-order valence-electron chi connectivity index (χ4n) is 1.18. The van der Waals surface area contributed by atoms with Gasteiger partial charge in [0.2, 0.25) is 0 Å². The van der Waals surface area contributed by atoms with Gasteiger partial charge in [-0.05, 0) is 24.6 Å². The first-order valence-corrected chi connectivity index (χ1v) is 4.70. The summed E-state index contributed by atoms with van der Waals surface area (Å²) in [6, 6.07) is 4.91. The van der Waals surface area contributed by atoms with Crippen molar-refractivity contribution in [1.29, 1.82) is 0 Å². The molecule has 15 heavy (non-hydrogen) atoms. The molecule has 0 heterocycles. The van der Waals surface area contributed by atoms with Gasteiger partial charge in [0, 0.05) is 6.54 Å². The highest BCUT2D eigenvalue weighted by Gasteiger charge is 2.02. The second kappa shape index (κ2) is 6.05. The maximum Gasteiger partial charge on any atom is 0.165 e. The number of nitrogens with one attached hydrogen (secondary N) is 1. The normalized spacial score (nSPS) is 9.27. The average molecular weight is 207 g/mol. The summed E-state index contributed by atoms with van der Waals surface area (Å²) in [5.41, 5.74) is 0.881. The zero-order chi connectivity index (χ0) is 11.1. The molecule has 0 aromatic heterocycles.